The number of imidazole rings is 2. The summed E-state index contributed by atoms with van der Waals surface area (Å²) in [6.07, 6.45) is 9.17. The molecule has 59 heavy (non-hydrogen) atoms. The average molecular weight is 793 g/mol. The van der Waals surface area contributed by atoms with Crippen LogP contribution in [0.5, 0.6) is 0 Å². The minimum atomic E-state index is -1.57. The number of carbonyl (C=O) groups is 3. The molecule has 3 aromatic carbocycles. The molecule has 14 heteroatoms. The number of aromatic nitrogens is 6. The van der Waals surface area contributed by atoms with Crippen molar-refractivity contribution in [1.29, 1.82) is 0 Å². The highest BCUT2D eigenvalue weighted by Crippen LogP contribution is 2.38. The van der Waals surface area contributed by atoms with Crippen molar-refractivity contribution in [3.8, 4) is 33.6 Å². The summed E-state index contributed by atoms with van der Waals surface area (Å²) in [6, 6.07) is 26.4. The molecule has 3 aromatic heterocycles. The number of carbonyl (C=O) groups excluding carboxylic acids is 3. The van der Waals surface area contributed by atoms with Crippen molar-refractivity contribution in [2.24, 2.45) is 11.7 Å². The molecule has 0 unspecified atom stereocenters. The van der Waals surface area contributed by atoms with Crippen LogP contribution in [0.1, 0.15) is 75.8 Å². The van der Waals surface area contributed by atoms with Gasteiger partial charge in [0.05, 0.1) is 35.9 Å². The van der Waals surface area contributed by atoms with E-state index in [0.29, 0.717) is 30.4 Å². The number of nitrogens with one attached hydrogen (secondary N) is 3. The Morgan fingerprint density at radius 3 is 1.76 bits per heavy atom. The monoisotopic (exact) mass is 792 g/mol. The quantitative estimate of drug-likeness (QED) is 0.0979. The fraction of sp³-hybridized carbons (Fsp3) is 0.311. The first kappa shape index (κ1) is 39.0. The maximum Gasteiger partial charge on any atom is 0.405 e. The zero-order chi connectivity index (χ0) is 41.1. The lowest BCUT2D eigenvalue weighted by Gasteiger charge is -2.34. The van der Waals surface area contributed by atoms with Crippen molar-refractivity contribution in [1.82, 2.24) is 39.7 Å². The molecule has 6 aromatic rings. The smallest absolute Gasteiger partial charge is 0.405 e. The Kier molecular flexibility index (Phi) is 11.0. The lowest BCUT2D eigenvalue weighted by molar-refractivity contribution is -0.151. The van der Waals surface area contributed by atoms with Gasteiger partial charge in [0.2, 0.25) is 17.5 Å². The van der Waals surface area contributed by atoms with Crippen LogP contribution in [0, 0.1) is 5.92 Å². The predicted octanol–water partition coefficient (Wildman–Crippen LogP) is 7.40. The van der Waals surface area contributed by atoms with Gasteiger partial charge in [0, 0.05) is 31.0 Å². The molecule has 302 valence electrons. The van der Waals surface area contributed by atoms with E-state index >= 15 is 0 Å². The molecular weight excluding hydrogens is 745 g/mol. The number of benzene rings is 3. The summed E-state index contributed by atoms with van der Waals surface area (Å²) in [5, 5.41) is 3.24. The second-order valence-electron chi connectivity index (χ2n) is 15.6. The number of H-pyrrole nitrogens is 2. The van der Waals surface area contributed by atoms with Crippen molar-refractivity contribution in [3.05, 3.63) is 127 Å². The number of rotatable bonds is 12. The van der Waals surface area contributed by atoms with Crippen LogP contribution in [0.2, 0.25) is 0 Å². The summed E-state index contributed by atoms with van der Waals surface area (Å²) in [7, 11) is 0. The second kappa shape index (κ2) is 16.6. The standard InChI is InChI=1S/C45H48N10O4/c1-28(2)38(53-44-47-22-9-23-48-44)41(56)54-24-7-12-36(54)39-49-26-34(51-39)31-18-14-29(15-19-31)30-16-20-32(21-17-30)35-27-50-40(52-35)37-13-8-25-55(37)42(57)45(3,59-43(46)58)33-10-5-4-6-11-33/h4-6,9-11,14-23,26-28,36-38H,7-8,12-13,24-25H2,1-3H3,(H2,46,58)(H,49,51)(H,50,52)(H,47,48,53)/t36-,37-,38-,45+/m0/s1. The second-order valence-corrected chi connectivity index (χ2v) is 15.6. The van der Waals surface area contributed by atoms with E-state index in [-0.39, 0.29) is 29.8 Å². The Hall–Kier alpha value is -6.83. The molecule has 2 fully saturated rings. The summed E-state index contributed by atoms with van der Waals surface area (Å²) in [6.45, 7) is 6.79. The van der Waals surface area contributed by atoms with Crippen LogP contribution in [-0.2, 0) is 19.9 Å². The molecule has 2 aliphatic rings. The number of aromatic amines is 2. The van der Waals surface area contributed by atoms with Crippen LogP contribution in [0.3, 0.4) is 0 Å². The molecule has 0 radical (unpaired) electrons. The van der Waals surface area contributed by atoms with E-state index in [1.54, 1.807) is 60.7 Å². The van der Waals surface area contributed by atoms with Crippen LogP contribution < -0.4 is 11.1 Å². The molecule has 0 saturated carbocycles. The molecule has 4 atom stereocenters. The van der Waals surface area contributed by atoms with Gasteiger partial charge in [-0.05, 0) is 66.8 Å². The Morgan fingerprint density at radius 2 is 1.24 bits per heavy atom. The van der Waals surface area contributed by atoms with Gasteiger partial charge in [0.1, 0.15) is 17.7 Å². The lowest BCUT2D eigenvalue weighted by atomic mass is 9.93. The van der Waals surface area contributed by atoms with Crippen molar-refractivity contribution >= 4 is 23.9 Å². The van der Waals surface area contributed by atoms with E-state index in [1.807, 2.05) is 43.1 Å². The van der Waals surface area contributed by atoms with Crippen molar-refractivity contribution in [3.63, 3.8) is 0 Å². The SMILES string of the molecule is CC(C)[C@H](Nc1ncccn1)C(=O)N1CCC[C@H]1c1ncc(-c2ccc(-c3ccc(-c4cnc([C@@H]5CCCN5C(=O)[C@](C)(OC(N)=O)c5ccccc5)[nH]4)cc3)cc2)[nH]1. The van der Waals surface area contributed by atoms with Crippen molar-refractivity contribution in [2.75, 3.05) is 18.4 Å². The largest absolute Gasteiger partial charge is 0.428 e. The molecule has 0 aliphatic carbocycles. The van der Waals surface area contributed by atoms with Crippen molar-refractivity contribution in [2.45, 2.75) is 70.2 Å². The topological polar surface area (TPSA) is 188 Å². The van der Waals surface area contributed by atoms with Crippen LogP contribution in [0.25, 0.3) is 33.6 Å². The molecule has 5 N–H and O–H groups in total. The number of primary amides is 1. The van der Waals surface area contributed by atoms with E-state index < -0.39 is 17.7 Å². The summed E-state index contributed by atoms with van der Waals surface area (Å²) in [5.74, 6) is 1.60. The van der Waals surface area contributed by atoms with Crippen LogP contribution in [-0.4, -0.2) is 76.7 Å². The Labute approximate surface area is 342 Å². The maximum atomic E-state index is 14.0. The van der Waals surface area contributed by atoms with Gasteiger partial charge in [0.15, 0.2) is 0 Å². The van der Waals surface area contributed by atoms with Gasteiger partial charge in [-0.1, -0.05) is 92.7 Å². The maximum absolute atomic E-state index is 14.0. The predicted molar refractivity (Wildman–Crippen MR) is 223 cm³/mol. The number of ether oxygens (including phenoxy) is 1. The minimum absolute atomic E-state index is 0.0177. The number of hydrogen-bond donors (Lipinski definition) is 4. The molecule has 3 amide bonds. The van der Waals surface area contributed by atoms with E-state index in [0.717, 1.165) is 65.1 Å². The molecule has 0 bridgehead atoms. The summed E-state index contributed by atoms with van der Waals surface area (Å²) in [5.41, 5.74) is 10.2. The number of likely N-dealkylation sites (tertiary alicyclic amines) is 2. The third-order valence-corrected chi connectivity index (χ3v) is 11.4. The van der Waals surface area contributed by atoms with Crippen LogP contribution in [0.15, 0.2) is 110 Å². The van der Waals surface area contributed by atoms with Gasteiger partial charge in [0.25, 0.3) is 5.91 Å². The molecule has 2 saturated heterocycles. The lowest BCUT2D eigenvalue weighted by Crippen LogP contribution is -2.48. The molecule has 14 nitrogen and oxygen atoms in total. The van der Waals surface area contributed by atoms with E-state index in [1.165, 1.54) is 0 Å². The Bertz CT molecular complexity index is 2400. The van der Waals surface area contributed by atoms with Crippen LogP contribution in [0.4, 0.5) is 10.7 Å². The summed E-state index contributed by atoms with van der Waals surface area (Å²) in [4.78, 5) is 68.4. The first-order valence-corrected chi connectivity index (χ1v) is 20.1. The normalized spacial score (nSPS) is 18.1. The molecule has 0 spiro atoms. The first-order valence-electron chi connectivity index (χ1n) is 20.1. The molecule has 5 heterocycles. The van der Waals surface area contributed by atoms with Gasteiger partial charge in [-0.3, -0.25) is 9.59 Å². The third kappa shape index (κ3) is 8.02. The minimum Gasteiger partial charge on any atom is -0.428 e. The average Bonchev–Trinajstić information content (AvgIpc) is 4.10. The Morgan fingerprint density at radius 1 is 0.729 bits per heavy atom. The highest BCUT2D eigenvalue weighted by atomic mass is 16.6. The molecule has 8 rings (SSSR count). The number of amides is 3. The number of anilines is 1. The highest BCUT2D eigenvalue weighted by Gasteiger charge is 2.46. The van der Waals surface area contributed by atoms with E-state index in [9.17, 15) is 14.4 Å². The fourth-order valence-electron chi connectivity index (χ4n) is 8.26. The summed E-state index contributed by atoms with van der Waals surface area (Å²) < 4.78 is 5.49. The highest BCUT2D eigenvalue weighted by molar-refractivity contribution is 5.89. The molecular formula is C45H48N10O4. The van der Waals surface area contributed by atoms with Gasteiger partial charge in [-0.2, -0.15) is 0 Å². The molecule has 2 aliphatic heterocycles. The van der Waals surface area contributed by atoms with E-state index in [4.69, 9.17) is 20.4 Å². The third-order valence-electron chi connectivity index (χ3n) is 11.4. The number of hydrogen-bond acceptors (Lipinski definition) is 9. The zero-order valence-electron chi connectivity index (χ0n) is 33.3. The van der Waals surface area contributed by atoms with Gasteiger partial charge < -0.3 is 35.6 Å². The number of nitrogens with zero attached hydrogens (tertiary/aromatic N) is 6. The zero-order valence-corrected chi connectivity index (χ0v) is 33.3. The van der Waals surface area contributed by atoms with Gasteiger partial charge >= 0.3 is 6.09 Å². The first-order chi connectivity index (χ1) is 28.6. The van der Waals surface area contributed by atoms with Crippen LogP contribution >= 0.6 is 0 Å². The van der Waals surface area contributed by atoms with Gasteiger partial charge in [-0.25, -0.2) is 24.7 Å². The number of nitrogens with two attached hydrogens (primary N) is 1. The fourth-order valence-corrected chi connectivity index (χ4v) is 8.26. The van der Waals surface area contributed by atoms with Gasteiger partial charge in [-0.15, -0.1) is 0 Å². The summed E-state index contributed by atoms with van der Waals surface area (Å²) >= 11 is 0. The Balaban J connectivity index is 0.927. The van der Waals surface area contributed by atoms with Crippen molar-refractivity contribution < 1.29 is 19.1 Å². The van der Waals surface area contributed by atoms with E-state index in [2.05, 4.69) is 61.7 Å².